The van der Waals surface area contributed by atoms with Gasteiger partial charge in [0, 0.05) is 37.6 Å². The van der Waals surface area contributed by atoms with Gasteiger partial charge in [-0.05, 0) is 51.4 Å². The van der Waals surface area contributed by atoms with Crippen molar-refractivity contribution in [2.75, 3.05) is 30.3 Å². The number of hydrogen-bond acceptors (Lipinski definition) is 9. The number of nitrogens with one attached hydrogen (secondary N) is 3. The van der Waals surface area contributed by atoms with Crippen LogP contribution in [0.5, 0.6) is 0 Å². The van der Waals surface area contributed by atoms with Crippen molar-refractivity contribution in [2.45, 2.75) is 57.2 Å². The lowest BCUT2D eigenvalue weighted by Gasteiger charge is -2.20. The maximum Gasteiger partial charge on any atom is 0.279 e. The van der Waals surface area contributed by atoms with E-state index < -0.39 is 15.8 Å². The molecule has 2 unspecified atom stereocenters. The molecule has 34 heavy (non-hydrogen) atoms. The van der Waals surface area contributed by atoms with Crippen molar-refractivity contribution >= 4 is 39.8 Å². The minimum absolute atomic E-state index is 0.116. The summed E-state index contributed by atoms with van der Waals surface area (Å²) >= 11 is 6.33. The van der Waals surface area contributed by atoms with Gasteiger partial charge in [0.05, 0.1) is 24.0 Å². The molecule has 1 aromatic rings. The van der Waals surface area contributed by atoms with E-state index >= 15 is 0 Å². The first-order valence-corrected chi connectivity index (χ1v) is 13.3. The standard InChI is InChI=1S/C21H33ClN8O3S/c1-21(2,31)12-24-8-17(7-23)27-20-25-9-18(22)19(28-20)26-16-5-13-10-30(11-14(13)6-16)34(32,33)29-15-3-4-15/h7-9,13-16,29,31H,3-6,10-12,23H2,1-2H3,(H2,25,26,27,28). The van der Waals surface area contributed by atoms with E-state index in [4.69, 9.17) is 17.3 Å². The van der Waals surface area contributed by atoms with Crippen LogP contribution in [0.1, 0.15) is 39.5 Å². The van der Waals surface area contributed by atoms with Crippen LogP contribution in [0.15, 0.2) is 23.1 Å². The topological polar surface area (TPSA) is 158 Å². The van der Waals surface area contributed by atoms with Crippen LogP contribution in [0.4, 0.5) is 11.8 Å². The summed E-state index contributed by atoms with van der Waals surface area (Å²) in [5, 5.41) is 16.6. The molecule has 1 aliphatic heterocycles. The molecule has 0 spiro atoms. The van der Waals surface area contributed by atoms with Crippen LogP contribution in [0.3, 0.4) is 0 Å². The van der Waals surface area contributed by atoms with Gasteiger partial charge in [-0.3, -0.25) is 4.99 Å². The molecule has 2 heterocycles. The van der Waals surface area contributed by atoms with Crippen LogP contribution in [0, 0.1) is 11.8 Å². The smallest absolute Gasteiger partial charge is 0.279 e. The normalized spacial score (nSPS) is 26.2. The molecule has 13 heteroatoms. The van der Waals surface area contributed by atoms with Crippen molar-refractivity contribution in [2.24, 2.45) is 22.6 Å². The van der Waals surface area contributed by atoms with E-state index in [-0.39, 0.29) is 18.6 Å². The number of allylic oxidation sites excluding steroid dienone is 1. The van der Waals surface area contributed by atoms with Gasteiger partial charge in [-0.25, -0.2) is 4.98 Å². The minimum atomic E-state index is -3.38. The highest BCUT2D eigenvalue weighted by Gasteiger charge is 2.45. The molecule has 3 fully saturated rings. The molecule has 0 aromatic carbocycles. The monoisotopic (exact) mass is 512 g/mol. The Morgan fingerprint density at radius 3 is 2.59 bits per heavy atom. The first-order chi connectivity index (χ1) is 16.0. The van der Waals surface area contributed by atoms with E-state index in [1.54, 1.807) is 18.2 Å². The largest absolute Gasteiger partial charge is 0.403 e. The number of fused-ring (bicyclic) bond motifs is 1. The zero-order valence-corrected chi connectivity index (χ0v) is 21.0. The molecule has 1 aromatic heterocycles. The molecule has 3 aliphatic rings. The van der Waals surface area contributed by atoms with E-state index in [2.05, 4.69) is 30.3 Å². The van der Waals surface area contributed by atoms with Crippen LogP contribution in [0.25, 0.3) is 0 Å². The molecule has 6 N–H and O–H groups in total. The number of nitrogens with two attached hydrogens (primary N) is 1. The third kappa shape index (κ3) is 6.57. The van der Waals surface area contributed by atoms with Gasteiger partial charge in [0.25, 0.3) is 10.2 Å². The van der Waals surface area contributed by atoms with Crippen LogP contribution in [0.2, 0.25) is 5.02 Å². The fourth-order valence-corrected chi connectivity index (χ4v) is 6.12. The molecule has 188 valence electrons. The van der Waals surface area contributed by atoms with Crippen LogP contribution in [-0.4, -0.2) is 71.3 Å². The summed E-state index contributed by atoms with van der Waals surface area (Å²) in [6, 6.07) is 0.263. The van der Waals surface area contributed by atoms with Crippen molar-refractivity contribution in [3.63, 3.8) is 0 Å². The average molecular weight is 513 g/mol. The molecule has 4 rings (SSSR count). The van der Waals surface area contributed by atoms with Crippen molar-refractivity contribution in [3.8, 4) is 0 Å². The summed E-state index contributed by atoms with van der Waals surface area (Å²) in [5.74, 6) is 1.43. The lowest BCUT2D eigenvalue weighted by atomic mass is 10.0. The lowest BCUT2D eigenvalue weighted by molar-refractivity contribution is 0.0906. The Morgan fingerprint density at radius 2 is 2.00 bits per heavy atom. The summed E-state index contributed by atoms with van der Waals surface area (Å²) in [6.45, 7) is 4.65. The molecule has 0 radical (unpaired) electrons. The number of aliphatic hydroxyl groups is 1. The van der Waals surface area contributed by atoms with E-state index in [9.17, 15) is 13.5 Å². The van der Waals surface area contributed by atoms with Gasteiger partial charge in [-0.15, -0.1) is 0 Å². The Bertz CT molecular complexity index is 1040. The summed E-state index contributed by atoms with van der Waals surface area (Å²) < 4.78 is 29.4. The molecule has 2 aliphatic carbocycles. The number of rotatable bonds is 10. The second-order valence-electron chi connectivity index (χ2n) is 9.97. The average Bonchev–Trinajstić information content (AvgIpc) is 3.32. The van der Waals surface area contributed by atoms with E-state index in [0.717, 1.165) is 25.7 Å². The molecule has 2 saturated carbocycles. The van der Waals surface area contributed by atoms with Gasteiger partial charge in [0.15, 0.2) is 5.82 Å². The summed E-state index contributed by atoms with van der Waals surface area (Å²) in [5.41, 5.74) is 5.23. The third-order valence-corrected chi connectivity index (χ3v) is 8.07. The Morgan fingerprint density at radius 1 is 1.32 bits per heavy atom. The van der Waals surface area contributed by atoms with Crippen molar-refractivity contribution in [3.05, 3.63) is 23.1 Å². The number of aromatic nitrogens is 2. The van der Waals surface area contributed by atoms with Crippen molar-refractivity contribution in [1.82, 2.24) is 19.0 Å². The fraction of sp³-hybridized carbons (Fsp3) is 0.667. The van der Waals surface area contributed by atoms with Gasteiger partial charge >= 0.3 is 0 Å². The highest BCUT2D eigenvalue weighted by Crippen LogP contribution is 2.40. The van der Waals surface area contributed by atoms with Gasteiger partial charge in [-0.2, -0.15) is 22.4 Å². The predicted molar refractivity (Wildman–Crippen MR) is 133 cm³/mol. The molecule has 0 amide bonds. The quantitative estimate of drug-likeness (QED) is 0.293. The Hall–Kier alpha value is -1.99. The number of aliphatic imine (C=N–C) groups is 1. The molecular formula is C21H33ClN8O3S. The van der Waals surface area contributed by atoms with E-state index in [0.29, 0.717) is 47.4 Å². The fourth-order valence-electron chi connectivity index (χ4n) is 4.39. The Labute approximate surface area is 205 Å². The highest BCUT2D eigenvalue weighted by molar-refractivity contribution is 7.87. The molecular weight excluding hydrogens is 480 g/mol. The molecule has 2 atom stereocenters. The van der Waals surface area contributed by atoms with Crippen LogP contribution in [-0.2, 0) is 10.2 Å². The number of anilines is 2. The third-order valence-electron chi connectivity index (χ3n) is 6.18. The minimum Gasteiger partial charge on any atom is -0.403 e. The van der Waals surface area contributed by atoms with Gasteiger partial charge in [0.1, 0.15) is 5.02 Å². The first kappa shape index (κ1) is 25.1. The highest BCUT2D eigenvalue weighted by atomic mass is 35.5. The first-order valence-electron chi connectivity index (χ1n) is 11.5. The zero-order valence-electron chi connectivity index (χ0n) is 19.4. The number of hydrogen-bond donors (Lipinski definition) is 5. The Balaban J connectivity index is 1.33. The number of halogens is 1. The number of nitrogens with zero attached hydrogens (tertiary/aromatic N) is 4. The molecule has 11 nitrogen and oxygen atoms in total. The van der Waals surface area contributed by atoms with Gasteiger partial charge in [0.2, 0.25) is 5.95 Å². The van der Waals surface area contributed by atoms with Crippen LogP contribution >= 0.6 is 11.6 Å². The summed E-state index contributed by atoms with van der Waals surface area (Å²) in [6.07, 6.45) is 7.92. The van der Waals surface area contributed by atoms with Crippen molar-refractivity contribution in [1.29, 1.82) is 0 Å². The predicted octanol–water partition coefficient (Wildman–Crippen LogP) is 1.30. The SMILES string of the molecule is CC(C)(O)CN=CC(=CN)Nc1ncc(Cl)c(NC2CC3CN(S(=O)(=O)NC4CC4)CC3C2)n1. The molecule has 0 bridgehead atoms. The van der Waals surface area contributed by atoms with E-state index in [1.165, 1.54) is 18.6 Å². The summed E-state index contributed by atoms with van der Waals surface area (Å²) in [7, 11) is -3.38. The second kappa shape index (κ2) is 9.94. The maximum atomic E-state index is 12.5. The van der Waals surface area contributed by atoms with Gasteiger partial charge < -0.3 is 21.5 Å². The summed E-state index contributed by atoms with van der Waals surface area (Å²) in [4.78, 5) is 12.9. The van der Waals surface area contributed by atoms with E-state index in [1.807, 2.05) is 0 Å². The maximum absolute atomic E-state index is 12.5. The zero-order chi connectivity index (χ0) is 24.5. The van der Waals surface area contributed by atoms with Crippen LogP contribution < -0.4 is 21.1 Å². The second-order valence-corrected chi connectivity index (χ2v) is 12.1. The molecule has 1 saturated heterocycles. The van der Waals surface area contributed by atoms with Gasteiger partial charge in [-0.1, -0.05) is 11.6 Å². The lowest BCUT2D eigenvalue weighted by Crippen LogP contribution is -2.41. The van der Waals surface area contributed by atoms with Crippen molar-refractivity contribution < 1.29 is 13.5 Å². The Kier molecular flexibility index (Phi) is 7.34.